The van der Waals surface area contributed by atoms with Gasteiger partial charge in [0.2, 0.25) is 0 Å². The Balaban J connectivity index is 2.82. The van der Waals surface area contributed by atoms with Crippen molar-refractivity contribution in [3.05, 3.63) is 29.8 Å². The minimum Gasteiger partial charge on any atom is -0.388 e. The van der Waals surface area contributed by atoms with E-state index in [-0.39, 0.29) is 6.10 Å². The fourth-order valence-electron chi connectivity index (χ4n) is 1.45. The molecule has 0 amide bonds. The number of benzene rings is 1. The van der Waals surface area contributed by atoms with Crippen molar-refractivity contribution in [2.24, 2.45) is 0 Å². The van der Waals surface area contributed by atoms with Crippen molar-refractivity contribution in [1.29, 1.82) is 0 Å². The summed E-state index contributed by atoms with van der Waals surface area (Å²) in [5, 5.41) is 9.81. The standard InChI is InChI=1S/C12H19NO/c1-4-6-12(14)10-7-5-8-11(9-10)13(2)3/h5,7-9,12,14H,4,6H2,1-3H3. The molecular weight excluding hydrogens is 174 g/mol. The molecule has 1 aromatic rings. The molecule has 0 spiro atoms. The third-order valence-corrected chi connectivity index (χ3v) is 2.33. The first-order valence-corrected chi connectivity index (χ1v) is 5.10. The van der Waals surface area contributed by atoms with Gasteiger partial charge < -0.3 is 10.0 Å². The van der Waals surface area contributed by atoms with Crippen LogP contribution in [0.25, 0.3) is 0 Å². The van der Waals surface area contributed by atoms with Crippen molar-refractivity contribution >= 4 is 5.69 Å². The summed E-state index contributed by atoms with van der Waals surface area (Å²) >= 11 is 0. The zero-order valence-electron chi connectivity index (χ0n) is 9.20. The normalized spacial score (nSPS) is 12.6. The van der Waals surface area contributed by atoms with Gasteiger partial charge in [0.05, 0.1) is 6.10 Å². The Bertz CT molecular complexity index is 283. The lowest BCUT2D eigenvalue weighted by Gasteiger charge is -2.16. The van der Waals surface area contributed by atoms with Crippen molar-refractivity contribution < 1.29 is 5.11 Å². The smallest absolute Gasteiger partial charge is 0.0790 e. The van der Waals surface area contributed by atoms with Gasteiger partial charge >= 0.3 is 0 Å². The SMILES string of the molecule is CCCC(O)c1cccc(N(C)C)c1. The third kappa shape index (κ3) is 2.74. The van der Waals surface area contributed by atoms with Crippen LogP contribution in [0, 0.1) is 0 Å². The van der Waals surface area contributed by atoms with Crippen LogP contribution in [0.1, 0.15) is 31.4 Å². The summed E-state index contributed by atoms with van der Waals surface area (Å²) in [6, 6.07) is 8.05. The summed E-state index contributed by atoms with van der Waals surface area (Å²) in [5.74, 6) is 0. The molecule has 0 aromatic heterocycles. The zero-order chi connectivity index (χ0) is 10.6. The Morgan fingerprint density at radius 1 is 1.36 bits per heavy atom. The molecule has 0 fully saturated rings. The number of hydrogen-bond donors (Lipinski definition) is 1. The second-order valence-corrected chi connectivity index (χ2v) is 3.79. The van der Waals surface area contributed by atoms with Gasteiger partial charge in [-0.1, -0.05) is 25.5 Å². The summed E-state index contributed by atoms with van der Waals surface area (Å²) in [5.41, 5.74) is 2.15. The molecule has 1 atom stereocenters. The summed E-state index contributed by atoms with van der Waals surface area (Å²) in [7, 11) is 4.01. The summed E-state index contributed by atoms with van der Waals surface area (Å²) in [4.78, 5) is 2.04. The van der Waals surface area contributed by atoms with Gasteiger partial charge in [-0.15, -0.1) is 0 Å². The maximum Gasteiger partial charge on any atom is 0.0790 e. The Morgan fingerprint density at radius 2 is 2.07 bits per heavy atom. The molecule has 0 radical (unpaired) electrons. The average Bonchev–Trinajstić information content (AvgIpc) is 2.18. The molecule has 0 heterocycles. The van der Waals surface area contributed by atoms with E-state index in [2.05, 4.69) is 6.92 Å². The van der Waals surface area contributed by atoms with E-state index in [4.69, 9.17) is 0 Å². The molecule has 2 heteroatoms. The van der Waals surface area contributed by atoms with Crippen molar-refractivity contribution in [2.45, 2.75) is 25.9 Å². The van der Waals surface area contributed by atoms with Crippen LogP contribution in [-0.2, 0) is 0 Å². The largest absolute Gasteiger partial charge is 0.388 e. The molecule has 14 heavy (non-hydrogen) atoms. The highest BCUT2D eigenvalue weighted by Crippen LogP contribution is 2.22. The highest BCUT2D eigenvalue weighted by atomic mass is 16.3. The summed E-state index contributed by atoms with van der Waals surface area (Å²) in [6.45, 7) is 2.08. The number of hydrogen-bond acceptors (Lipinski definition) is 2. The zero-order valence-corrected chi connectivity index (χ0v) is 9.20. The quantitative estimate of drug-likeness (QED) is 0.794. The lowest BCUT2D eigenvalue weighted by Crippen LogP contribution is -2.09. The Kier molecular flexibility index (Phi) is 3.96. The number of anilines is 1. The van der Waals surface area contributed by atoms with Crippen LogP contribution in [0.5, 0.6) is 0 Å². The topological polar surface area (TPSA) is 23.5 Å². The third-order valence-electron chi connectivity index (χ3n) is 2.33. The van der Waals surface area contributed by atoms with E-state index in [1.54, 1.807) is 0 Å². The predicted octanol–water partition coefficient (Wildman–Crippen LogP) is 2.59. The Hall–Kier alpha value is -1.02. The van der Waals surface area contributed by atoms with Gasteiger partial charge in [0.25, 0.3) is 0 Å². The second-order valence-electron chi connectivity index (χ2n) is 3.79. The van der Waals surface area contributed by atoms with Crippen LogP contribution in [0.4, 0.5) is 5.69 Å². The molecule has 0 aliphatic rings. The van der Waals surface area contributed by atoms with E-state index >= 15 is 0 Å². The molecule has 0 aliphatic heterocycles. The van der Waals surface area contributed by atoms with Crippen LogP contribution < -0.4 is 4.90 Å². The van der Waals surface area contributed by atoms with Crippen molar-refractivity contribution in [2.75, 3.05) is 19.0 Å². The molecule has 0 bridgehead atoms. The van der Waals surface area contributed by atoms with E-state index in [0.29, 0.717) is 0 Å². The minimum atomic E-state index is -0.320. The van der Waals surface area contributed by atoms with E-state index < -0.39 is 0 Å². The highest BCUT2D eigenvalue weighted by Gasteiger charge is 2.06. The molecule has 1 aromatic carbocycles. The molecule has 1 unspecified atom stereocenters. The van der Waals surface area contributed by atoms with Crippen LogP contribution in [0.2, 0.25) is 0 Å². The molecule has 1 N–H and O–H groups in total. The molecule has 0 saturated heterocycles. The van der Waals surface area contributed by atoms with E-state index in [0.717, 1.165) is 24.1 Å². The van der Waals surface area contributed by atoms with Crippen molar-refractivity contribution in [3.8, 4) is 0 Å². The minimum absolute atomic E-state index is 0.320. The first kappa shape index (κ1) is 11.1. The van der Waals surface area contributed by atoms with Crippen molar-refractivity contribution in [3.63, 3.8) is 0 Å². The number of aliphatic hydroxyl groups excluding tert-OH is 1. The van der Waals surface area contributed by atoms with Gasteiger partial charge in [-0.2, -0.15) is 0 Å². The number of rotatable bonds is 4. The molecule has 2 nitrogen and oxygen atoms in total. The fraction of sp³-hybridized carbons (Fsp3) is 0.500. The molecule has 0 saturated carbocycles. The van der Waals surface area contributed by atoms with Crippen molar-refractivity contribution in [1.82, 2.24) is 0 Å². The molecule has 0 aliphatic carbocycles. The van der Waals surface area contributed by atoms with Gasteiger partial charge in [-0.3, -0.25) is 0 Å². The van der Waals surface area contributed by atoms with Crippen LogP contribution in [0.15, 0.2) is 24.3 Å². The lowest BCUT2D eigenvalue weighted by molar-refractivity contribution is 0.166. The monoisotopic (exact) mass is 193 g/mol. The average molecular weight is 193 g/mol. The lowest BCUT2D eigenvalue weighted by atomic mass is 10.0. The number of aliphatic hydroxyl groups is 1. The van der Waals surface area contributed by atoms with Gasteiger partial charge in [0.1, 0.15) is 0 Å². The van der Waals surface area contributed by atoms with E-state index in [1.165, 1.54) is 0 Å². The Labute approximate surface area is 86.2 Å². The van der Waals surface area contributed by atoms with Gasteiger partial charge in [-0.25, -0.2) is 0 Å². The molecule has 1 rings (SSSR count). The maximum atomic E-state index is 9.81. The summed E-state index contributed by atoms with van der Waals surface area (Å²) < 4.78 is 0. The van der Waals surface area contributed by atoms with E-state index in [9.17, 15) is 5.11 Å². The predicted molar refractivity (Wildman–Crippen MR) is 60.6 cm³/mol. The molecular formula is C12H19NO. The van der Waals surface area contributed by atoms with Crippen LogP contribution in [-0.4, -0.2) is 19.2 Å². The molecule has 78 valence electrons. The second kappa shape index (κ2) is 5.01. The summed E-state index contributed by atoms with van der Waals surface area (Å²) in [6.07, 6.45) is 1.52. The highest BCUT2D eigenvalue weighted by molar-refractivity contribution is 5.47. The van der Waals surface area contributed by atoms with Gasteiger partial charge in [0, 0.05) is 19.8 Å². The fourth-order valence-corrected chi connectivity index (χ4v) is 1.45. The Morgan fingerprint density at radius 3 is 2.64 bits per heavy atom. The number of nitrogens with zero attached hydrogens (tertiary/aromatic N) is 1. The maximum absolute atomic E-state index is 9.81. The van der Waals surface area contributed by atoms with Gasteiger partial charge in [-0.05, 0) is 24.1 Å². The van der Waals surface area contributed by atoms with Gasteiger partial charge in [0.15, 0.2) is 0 Å². The first-order chi connectivity index (χ1) is 6.65. The van der Waals surface area contributed by atoms with Crippen LogP contribution in [0.3, 0.4) is 0 Å². The van der Waals surface area contributed by atoms with Crippen LogP contribution >= 0.6 is 0 Å². The first-order valence-electron chi connectivity index (χ1n) is 5.10. The van der Waals surface area contributed by atoms with E-state index in [1.807, 2.05) is 43.3 Å².